The molecule has 0 spiro atoms. The second kappa shape index (κ2) is 8.35. The van der Waals surface area contributed by atoms with Gasteiger partial charge in [0.25, 0.3) is 10.0 Å². The maximum atomic E-state index is 11.9. The third kappa shape index (κ3) is 4.67. The van der Waals surface area contributed by atoms with E-state index in [9.17, 15) is 18.3 Å². The summed E-state index contributed by atoms with van der Waals surface area (Å²) in [6.07, 6.45) is 2.47. The monoisotopic (exact) mass is 467 g/mol. The van der Waals surface area contributed by atoms with Gasteiger partial charge in [0.05, 0.1) is 17.5 Å². The summed E-state index contributed by atoms with van der Waals surface area (Å²) in [7, 11) is -3.63. The average Bonchev–Trinajstić information content (AvgIpc) is 3.12. The first kappa shape index (κ1) is 23.1. The van der Waals surface area contributed by atoms with E-state index in [1.165, 1.54) is 5.56 Å². The predicted molar refractivity (Wildman–Crippen MR) is 131 cm³/mol. The number of hydrogen-bond donors (Lipinski definition) is 4. The molecule has 1 atom stereocenters. The lowest BCUT2D eigenvalue weighted by Crippen LogP contribution is -2.34. The average molecular weight is 468 g/mol. The Kier molecular flexibility index (Phi) is 5.84. The Morgan fingerprint density at radius 3 is 2.76 bits per heavy atom. The molecule has 1 aromatic heterocycles. The summed E-state index contributed by atoms with van der Waals surface area (Å²) >= 11 is 0. The van der Waals surface area contributed by atoms with Crippen LogP contribution in [-0.4, -0.2) is 30.0 Å². The van der Waals surface area contributed by atoms with Crippen molar-refractivity contribution in [3.63, 3.8) is 0 Å². The zero-order valence-electron chi connectivity index (χ0n) is 18.8. The lowest BCUT2D eigenvalue weighted by molar-refractivity contribution is -0.117. The minimum absolute atomic E-state index is 0.115. The van der Waals surface area contributed by atoms with Crippen LogP contribution in [-0.2, 0) is 34.1 Å². The van der Waals surface area contributed by atoms with Crippen LogP contribution in [0.15, 0.2) is 48.4 Å². The van der Waals surface area contributed by atoms with E-state index in [1.54, 1.807) is 18.2 Å². The standard InChI is InChI=1S/C25H29N3O4S/c1-4-33(31,32)28-18-7-5-6-15(12-18)19-10-8-16(13-22(26)29)24-23(19)20-11-9-17(25(2,3)30)14-21(20)27-24/h4-8,10,12,17,27-28,30H,1,9,11,13-14H2,2-3H3,(H2,26,29). The van der Waals surface area contributed by atoms with Crippen molar-refractivity contribution in [3.8, 4) is 11.1 Å². The molecule has 2 aromatic carbocycles. The largest absolute Gasteiger partial charge is 0.390 e. The van der Waals surface area contributed by atoms with Crippen LogP contribution in [0.4, 0.5) is 5.69 Å². The molecule has 1 heterocycles. The quantitative estimate of drug-likeness (QED) is 0.423. The van der Waals surface area contributed by atoms with E-state index in [1.807, 2.05) is 32.0 Å². The van der Waals surface area contributed by atoms with E-state index in [0.717, 1.165) is 51.5 Å². The smallest absolute Gasteiger partial charge is 0.254 e. The van der Waals surface area contributed by atoms with Crippen LogP contribution in [0.1, 0.15) is 37.1 Å². The number of hydrogen-bond acceptors (Lipinski definition) is 4. The van der Waals surface area contributed by atoms with Gasteiger partial charge in [-0.3, -0.25) is 9.52 Å². The Balaban J connectivity index is 1.88. The number of carbonyl (C=O) groups excluding carboxylic acids is 1. The number of anilines is 1. The Morgan fingerprint density at radius 2 is 2.09 bits per heavy atom. The molecule has 3 aromatic rings. The van der Waals surface area contributed by atoms with Crippen molar-refractivity contribution in [1.82, 2.24) is 4.98 Å². The second-order valence-corrected chi connectivity index (χ2v) is 10.9. The van der Waals surface area contributed by atoms with Gasteiger partial charge in [-0.05, 0) is 73.4 Å². The summed E-state index contributed by atoms with van der Waals surface area (Å²) in [4.78, 5) is 15.2. The Bertz CT molecular complexity index is 1350. The number of aromatic amines is 1. The highest BCUT2D eigenvalue weighted by Gasteiger charge is 2.33. The number of sulfonamides is 1. The minimum atomic E-state index is -3.63. The molecule has 1 aliphatic rings. The number of nitrogens with one attached hydrogen (secondary N) is 2. The predicted octanol–water partition coefficient (Wildman–Crippen LogP) is 3.62. The van der Waals surface area contributed by atoms with Crippen molar-refractivity contribution in [1.29, 1.82) is 0 Å². The number of amides is 1. The van der Waals surface area contributed by atoms with Gasteiger partial charge in [0, 0.05) is 22.2 Å². The maximum absolute atomic E-state index is 11.9. The molecule has 1 amide bonds. The second-order valence-electron chi connectivity index (χ2n) is 9.24. The Labute approximate surface area is 193 Å². The fourth-order valence-electron chi connectivity index (χ4n) is 4.73. The minimum Gasteiger partial charge on any atom is -0.390 e. The van der Waals surface area contributed by atoms with Crippen LogP contribution in [0, 0.1) is 5.92 Å². The molecule has 4 rings (SSSR count). The van der Waals surface area contributed by atoms with E-state index in [-0.39, 0.29) is 12.3 Å². The van der Waals surface area contributed by atoms with Crippen LogP contribution in [0.2, 0.25) is 0 Å². The summed E-state index contributed by atoms with van der Waals surface area (Å²) in [5, 5.41) is 12.4. The molecule has 0 bridgehead atoms. The summed E-state index contributed by atoms with van der Waals surface area (Å²) in [5.41, 5.74) is 10.9. The number of nitrogens with two attached hydrogens (primary N) is 1. The zero-order chi connectivity index (χ0) is 24.0. The first-order valence-electron chi connectivity index (χ1n) is 10.9. The van der Waals surface area contributed by atoms with Crippen LogP contribution in [0.3, 0.4) is 0 Å². The van der Waals surface area contributed by atoms with E-state index >= 15 is 0 Å². The molecule has 0 saturated carbocycles. The number of carbonyl (C=O) groups is 1. The fourth-order valence-corrected chi connectivity index (χ4v) is 5.27. The van der Waals surface area contributed by atoms with Crippen molar-refractivity contribution in [2.75, 3.05) is 4.72 Å². The summed E-state index contributed by atoms with van der Waals surface area (Å²) in [5.74, 6) is -0.287. The number of rotatable bonds is 7. The highest BCUT2D eigenvalue weighted by molar-refractivity contribution is 7.95. The molecular formula is C25H29N3O4S. The Hall–Kier alpha value is -3.10. The summed E-state index contributed by atoms with van der Waals surface area (Å²) in [6.45, 7) is 7.01. The molecular weight excluding hydrogens is 438 g/mol. The highest BCUT2D eigenvalue weighted by Crippen LogP contribution is 2.41. The first-order valence-corrected chi connectivity index (χ1v) is 12.4. The molecule has 5 N–H and O–H groups in total. The molecule has 174 valence electrons. The van der Waals surface area contributed by atoms with E-state index in [2.05, 4.69) is 16.3 Å². The summed E-state index contributed by atoms with van der Waals surface area (Å²) < 4.78 is 26.4. The molecule has 1 unspecified atom stereocenters. The van der Waals surface area contributed by atoms with Crippen molar-refractivity contribution in [2.24, 2.45) is 11.7 Å². The number of aliphatic hydroxyl groups is 1. The lowest BCUT2D eigenvalue weighted by Gasteiger charge is -2.32. The molecule has 7 nitrogen and oxygen atoms in total. The molecule has 8 heteroatoms. The van der Waals surface area contributed by atoms with Crippen molar-refractivity contribution in [2.45, 2.75) is 45.1 Å². The Morgan fingerprint density at radius 1 is 1.33 bits per heavy atom. The van der Waals surface area contributed by atoms with Crippen LogP contribution in [0.5, 0.6) is 0 Å². The third-order valence-electron chi connectivity index (χ3n) is 6.44. The first-order chi connectivity index (χ1) is 15.5. The van der Waals surface area contributed by atoms with Gasteiger partial charge in [0.1, 0.15) is 0 Å². The van der Waals surface area contributed by atoms with Gasteiger partial charge < -0.3 is 15.8 Å². The number of primary amides is 1. The van der Waals surface area contributed by atoms with Gasteiger partial charge in [-0.15, -0.1) is 0 Å². The molecule has 0 fully saturated rings. The van der Waals surface area contributed by atoms with E-state index in [4.69, 9.17) is 5.73 Å². The SMILES string of the molecule is C=CS(=O)(=O)Nc1cccc(-c2ccc(CC(N)=O)c3[nH]c4c(c23)CCC(C(C)(C)O)C4)c1. The van der Waals surface area contributed by atoms with Gasteiger partial charge in [-0.1, -0.05) is 30.8 Å². The number of H-pyrrole nitrogens is 1. The molecule has 33 heavy (non-hydrogen) atoms. The van der Waals surface area contributed by atoms with Gasteiger partial charge in [-0.2, -0.15) is 0 Å². The molecule has 0 aliphatic heterocycles. The zero-order valence-corrected chi connectivity index (χ0v) is 19.6. The van der Waals surface area contributed by atoms with E-state index in [0.29, 0.717) is 12.1 Å². The van der Waals surface area contributed by atoms with Gasteiger partial charge >= 0.3 is 0 Å². The number of aryl methyl sites for hydroxylation is 1. The number of aromatic nitrogens is 1. The summed E-state index contributed by atoms with van der Waals surface area (Å²) in [6, 6.07) is 11.0. The van der Waals surface area contributed by atoms with Crippen molar-refractivity contribution >= 4 is 32.5 Å². The maximum Gasteiger partial charge on any atom is 0.254 e. The van der Waals surface area contributed by atoms with E-state index < -0.39 is 21.5 Å². The van der Waals surface area contributed by atoms with Crippen molar-refractivity contribution in [3.05, 3.63) is 65.2 Å². The van der Waals surface area contributed by atoms with Gasteiger partial charge in [0.2, 0.25) is 5.91 Å². The third-order valence-corrected chi connectivity index (χ3v) is 7.40. The van der Waals surface area contributed by atoms with Crippen molar-refractivity contribution < 1.29 is 18.3 Å². The van der Waals surface area contributed by atoms with Crippen LogP contribution in [0.25, 0.3) is 22.0 Å². The highest BCUT2D eigenvalue weighted by atomic mass is 32.2. The molecule has 0 saturated heterocycles. The fraction of sp³-hybridized carbons (Fsp3) is 0.320. The normalized spacial score (nSPS) is 16.4. The molecule has 0 radical (unpaired) electrons. The van der Waals surface area contributed by atoms with Crippen LogP contribution < -0.4 is 10.5 Å². The topological polar surface area (TPSA) is 125 Å². The van der Waals surface area contributed by atoms with Gasteiger partial charge in [0.15, 0.2) is 0 Å². The number of fused-ring (bicyclic) bond motifs is 3. The molecule has 1 aliphatic carbocycles. The lowest BCUT2D eigenvalue weighted by atomic mass is 9.77. The van der Waals surface area contributed by atoms with Crippen LogP contribution >= 0.6 is 0 Å². The van der Waals surface area contributed by atoms with Gasteiger partial charge in [-0.25, -0.2) is 8.42 Å². The number of benzene rings is 2.